The molecule has 132 valence electrons. The summed E-state index contributed by atoms with van der Waals surface area (Å²) in [6, 6.07) is 6.29. The van der Waals surface area contributed by atoms with Crippen molar-refractivity contribution in [2.24, 2.45) is 0 Å². The number of benzene rings is 1. The van der Waals surface area contributed by atoms with Gasteiger partial charge in [0.15, 0.2) is 5.78 Å². The Labute approximate surface area is 143 Å². The Morgan fingerprint density at radius 2 is 1.83 bits per heavy atom. The first-order valence-electron chi connectivity index (χ1n) is 7.92. The van der Waals surface area contributed by atoms with Gasteiger partial charge in [0, 0.05) is 16.8 Å². The van der Waals surface area contributed by atoms with Crippen LogP contribution in [-0.4, -0.2) is 47.7 Å². The maximum atomic E-state index is 12.3. The van der Waals surface area contributed by atoms with Crippen LogP contribution in [0, 0.1) is 0 Å². The molecule has 2 N–H and O–H groups in total. The van der Waals surface area contributed by atoms with E-state index in [4.69, 9.17) is 0 Å². The van der Waals surface area contributed by atoms with Crippen LogP contribution < -0.4 is 10.6 Å². The topological polar surface area (TPSA) is 78.5 Å². The third kappa shape index (κ3) is 6.50. The molecule has 0 spiro atoms. The highest BCUT2D eigenvalue weighted by Gasteiger charge is 2.22. The van der Waals surface area contributed by atoms with E-state index in [9.17, 15) is 14.4 Å². The van der Waals surface area contributed by atoms with Crippen molar-refractivity contribution in [1.82, 2.24) is 10.2 Å². The number of Topliss-reactive ketones (excluding diaryl/α,β-unsaturated/α-hetero) is 1. The summed E-state index contributed by atoms with van der Waals surface area (Å²) in [5.74, 6) is -0.430. The summed E-state index contributed by atoms with van der Waals surface area (Å²) >= 11 is 0. The summed E-state index contributed by atoms with van der Waals surface area (Å²) in [5, 5.41) is 5.64. The van der Waals surface area contributed by atoms with E-state index >= 15 is 0 Å². The molecule has 1 aromatic rings. The van der Waals surface area contributed by atoms with Crippen LogP contribution in [0.5, 0.6) is 0 Å². The number of rotatable bonds is 6. The van der Waals surface area contributed by atoms with E-state index in [1.54, 1.807) is 43.1 Å². The largest absolute Gasteiger partial charge is 0.350 e. The Kier molecular flexibility index (Phi) is 6.66. The van der Waals surface area contributed by atoms with Crippen LogP contribution >= 0.6 is 0 Å². The van der Waals surface area contributed by atoms with Crippen molar-refractivity contribution in [3.05, 3.63) is 29.8 Å². The van der Waals surface area contributed by atoms with E-state index in [0.717, 1.165) is 0 Å². The third-order valence-electron chi connectivity index (χ3n) is 3.48. The number of nitrogens with one attached hydrogen (secondary N) is 2. The van der Waals surface area contributed by atoms with Gasteiger partial charge in [-0.3, -0.25) is 19.3 Å². The molecule has 0 aliphatic heterocycles. The molecule has 0 aliphatic rings. The Morgan fingerprint density at radius 1 is 1.21 bits per heavy atom. The van der Waals surface area contributed by atoms with Gasteiger partial charge in [-0.1, -0.05) is 12.1 Å². The molecule has 1 atom stereocenters. The van der Waals surface area contributed by atoms with Crippen molar-refractivity contribution in [2.75, 3.05) is 18.9 Å². The van der Waals surface area contributed by atoms with Gasteiger partial charge in [-0.05, 0) is 53.8 Å². The molecule has 0 saturated carbocycles. The predicted molar refractivity (Wildman–Crippen MR) is 95.1 cm³/mol. The molecule has 6 heteroatoms. The average molecular weight is 333 g/mol. The van der Waals surface area contributed by atoms with Gasteiger partial charge in [0.1, 0.15) is 0 Å². The Morgan fingerprint density at radius 3 is 2.38 bits per heavy atom. The number of nitrogens with zero attached hydrogens (tertiary/aromatic N) is 1. The van der Waals surface area contributed by atoms with Crippen LogP contribution in [0.15, 0.2) is 24.3 Å². The minimum absolute atomic E-state index is 0.0601. The van der Waals surface area contributed by atoms with Crippen LogP contribution in [0.4, 0.5) is 5.69 Å². The van der Waals surface area contributed by atoms with E-state index < -0.39 is 6.04 Å². The quantitative estimate of drug-likeness (QED) is 0.781. The summed E-state index contributed by atoms with van der Waals surface area (Å²) < 4.78 is 0. The van der Waals surface area contributed by atoms with Crippen molar-refractivity contribution in [3.63, 3.8) is 0 Å². The zero-order valence-corrected chi connectivity index (χ0v) is 15.3. The smallest absolute Gasteiger partial charge is 0.241 e. The van der Waals surface area contributed by atoms with Gasteiger partial charge in [0.2, 0.25) is 11.8 Å². The van der Waals surface area contributed by atoms with E-state index in [-0.39, 0.29) is 29.7 Å². The molecule has 6 nitrogen and oxygen atoms in total. The molecular formula is C18H27N3O3. The fourth-order valence-electron chi connectivity index (χ4n) is 2.08. The molecular weight excluding hydrogens is 306 g/mol. The first-order valence-corrected chi connectivity index (χ1v) is 7.92. The Hall–Kier alpha value is -2.21. The fraction of sp³-hybridized carbons (Fsp3) is 0.500. The maximum absolute atomic E-state index is 12.3. The molecule has 1 aromatic carbocycles. The first kappa shape index (κ1) is 19.8. The number of hydrogen-bond acceptors (Lipinski definition) is 4. The molecule has 0 heterocycles. The van der Waals surface area contributed by atoms with Crippen molar-refractivity contribution in [3.8, 4) is 0 Å². The molecule has 0 radical (unpaired) electrons. The SMILES string of the molecule is CC(=O)c1cccc(NC(=O)[C@@H](C)N(C)CC(=O)NC(C)(C)C)c1. The van der Waals surface area contributed by atoms with Crippen LogP contribution in [0.2, 0.25) is 0 Å². The van der Waals surface area contributed by atoms with Crippen molar-refractivity contribution >= 4 is 23.3 Å². The van der Waals surface area contributed by atoms with Gasteiger partial charge < -0.3 is 10.6 Å². The molecule has 24 heavy (non-hydrogen) atoms. The molecule has 0 bridgehead atoms. The van der Waals surface area contributed by atoms with Crippen molar-refractivity contribution in [2.45, 2.75) is 46.2 Å². The minimum atomic E-state index is -0.489. The molecule has 0 aromatic heterocycles. The lowest BCUT2D eigenvalue weighted by molar-refractivity contribution is -0.125. The lowest BCUT2D eigenvalue weighted by atomic mass is 10.1. The predicted octanol–water partition coefficient (Wildman–Crippen LogP) is 2.06. The number of anilines is 1. The summed E-state index contributed by atoms with van der Waals surface area (Å²) in [6.07, 6.45) is 0. The van der Waals surface area contributed by atoms with Crippen molar-refractivity contribution < 1.29 is 14.4 Å². The number of carbonyl (C=O) groups excluding carboxylic acids is 3. The van der Waals surface area contributed by atoms with Gasteiger partial charge in [0.25, 0.3) is 0 Å². The summed E-state index contributed by atoms with van der Waals surface area (Å²) in [5.41, 5.74) is 0.793. The number of ketones is 1. The second-order valence-corrected chi connectivity index (χ2v) is 7.02. The van der Waals surface area contributed by atoms with Crippen LogP contribution in [0.3, 0.4) is 0 Å². The summed E-state index contributed by atoms with van der Waals surface area (Å²) in [7, 11) is 1.72. The molecule has 0 unspecified atom stereocenters. The molecule has 1 rings (SSSR count). The van der Waals surface area contributed by atoms with Gasteiger partial charge in [-0.25, -0.2) is 0 Å². The van der Waals surface area contributed by atoms with E-state index in [1.165, 1.54) is 6.92 Å². The second-order valence-electron chi connectivity index (χ2n) is 7.02. The summed E-state index contributed by atoms with van der Waals surface area (Å²) in [4.78, 5) is 37.4. The van der Waals surface area contributed by atoms with E-state index in [1.807, 2.05) is 20.8 Å². The van der Waals surface area contributed by atoms with Gasteiger partial charge in [-0.15, -0.1) is 0 Å². The van der Waals surface area contributed by atoms with Crippen molar-refractivity contribution in [1.29, 1.82) is 0 Å². The lowest BCUT2D eigenvalue weighted by Crippen LogP contribution is -2.49. The standard InChI is InChI=1S/C18H27N3O3/c1-12(21(6)11-16(23)20-18(3,4)5)17(24)19-15-9-7-8-14(10-15)13(2)22/h7-10,12H,11H2,1-6H3,(H,19,24)(H,20,23)/t12-/m1/s1. The molecule has 0 aliphatic carbocycles. The number of amides is 2. The van der Waals surface area contributed by atoms with Crippen LogP contribution in [-0.2, 0) is 9.59 Å². The average Bonchev–Trinajstić information content (AvgIpc) is 2.44. The molecule has 0 saturated heterocycles. The van der Waals surface area contributed by atoms with Crippen LogP contribution in [0.1, 0.15) is 45.0 Å². The van der Waals surface area contributed by atoms with Crippen LogP contribution in [0.25, 0.3) is 0 Å². The monoisotopic (exact) mass is 333 g/mol. The first-order chi connectivity index (χ1) is 11.0. The summed E-state index contributed by atoms with van der Waals surface area (Å²) in [6.45, 7) is 9.05. The zero-order valence-electron chi connectivity index (χ0n) is 15.3. The maximum Gasteiger partial charge on any atom is 0.241 e. The lowest BCUT2D eigenvalue weighted by Gasteiger charge is -2.26. The highest BCUT2D eigenvalue weighted by Crippen LogP contribution is 2.12. The highest BCUT2D eigenvalue weighted by molar-refractivity contribution is 5.98. The van der Waals surface area contributed by atoms with Gasteiger partial charge in [-0.2, -0.15) is 0 Å². The Bertz CT molecular complexity index is 620. The highest BCUT2D eigenvalue weighted by atomic mass is 16.2. The zero-order chi connectivity index (χ0) is 18.5. The minimum Gasteiger partial charge on any atom is -0.350 e. The second kappa shape index (κ2) is 8.06. The molecule has 2 amide bonds. The van der Waals surface area contributed by atoms with E-state index in [0.29, 0.717) is 11.3 Å². The Balaban J connectivity index is 2.65. The number of likely N-dealkylation sites (N-methyl/N-ethyl adjacent to an activating group) is 1. The fourth-order valence-corrected chi connectivity index (χ4v) is 2.08. The van der Waals surface area contributed by atoms with E-state index in [2.05, 4.69) is 10.6 Å². The number of hydrogen-bond donors (Lipinski definition) is 2. The molecule has 0 fully saturated rings. The third-order valence-corrected chi connectivity index (χ3v) is 3.48. The van der Waals surface area contributed by atoms with Gasteiger partial charge >= 0.3 is 0 Å². The van der Waals surface area contributed by atoms with Gasteiger partial charge in [0.05, 0.1) is 12.6 Å². The normalized spacial score (nSPS) is 12.6. The number of carbonyl (C=O) groups is 3.